The van der Waals surface area contributed by atoms with Crippen molar-refractivity contribution >= 4 is 18.3 Å². The Balaban J connectivity index is 0.00000133. The summed E-state index contributed by atoms with van der Waals surface area (Å²) in [4.78, 5) is 14.4. The van der Waals surface area contributed by atoms with E-state index in [2.05, 4.69) is 10.4 Å². The largest absolute Gasteiger partial charge is 0.336 e. The normalized spacial score (nSPS) is 25.9. The number of carbonyl (C=O) groups is 1. The Labute approximate surface area is 119 Å². The zero-order chi connectivity index (χ0) is 12.7. The van der Waals surface area contributed by atoms with Crippen LogP contribution < -0.4 is 5.32 Å². The van der Waals surface area contributed by atoms with E-state index in [-0.39, 0.29) is 18.3 Å². The van der Waals surface area contributed by atoms with Gasteiger partial charge in [0, 0.05) is 37.9 Å². The third-order valence-electron chi connectivity index (χ3n) is 4.14. The van der Waals surface area contributed by atoms with Crippen molar-refractivity contribution in [3.63, 3.8) is 0 Å². The molecule has 1 N–H and O–H groups in total. The summed E-state index contributed by atoms with van der Waals surface area (Å²) in [5, 5.41) is 7.87. The molecule has 3 rings (SSSR count). The zero-order valence-electron chi connectivity index (χ0n) is 11.4. The van der Waals surface area contributed by atoms with Gasteiger partial charge in [-0.05, 0) is 32.3 Å². The molecular formula is C13H21ClN4O. The molecule has 1 aromatic rings. The maximum atomic E-state index is 12.4. The van der Waals surface area contributed by atoms with Crippen LogP contribution in [0, 0.1) is 6.92 Å². The molecule has 106 valence electrons. The molecule has 2 aliphatic heterocycles. The SMILES string of the molecule is Cc1cc(C(=O)N2CCC3CCC(C2)N3)nn1C.Cl. The van der Waals surface area contributed by atoms with Crippen LogP contribution in [-0.4, -0.2) is 45.8 Å². The first-order chi connectivity index (χ1) is 8.63. The van der Waals surface area contributed by atoms with Crippen molar-refractivity contribution in [2.75, 3.05) is 13.1 Å². The fourth-order valence-corrected chi connectivity index (χ4v) is 2.95. The van der Waals surface area contributed by atoms with Gasteiger partial charge < -0.3 is 10.2 Å². The standard InChI is InChI=1S/C13H20N4O.ClH/c1-9-7-12(15-16(9)2)13(18)17-6-5-10-3-4-11(8-17)14-10;/h7,10-11,14H,3-6,8H2,1-2H3;1H. The van der Waals surface area contributed by atoms with Crippen LogP contribution in [0.1, 0.15) is 35.4 Å². The minimum absolute atomic E-state index is 0. The Kier molecular flexibility index (Phi) is 4.16. The molecule has 6 heteroatoms. The van der Waals surface area contributed by atoms with Gasteiger partial charge in [0.1, 0.15) is 0 Å². The lowest BCUT2D eigenvalue weighted by molar-refractivity contribution is 0.0741. The highest BCUT2D eigenvalue weighted by Gasteiger charge is 2.32. The molecule has 2 saturated heterocycles. The summed E-state index contributed by atoms with van der Waals surface area (Å²) in [5.41, 5.74) is 1.60. The maximum absolute atomic E-state index is 12.4. The van der Waals surface area contributed by atoms with Gasteiger partial charge in [-0.25, -0.2) is 0 Å². The monoisotopic (exact) mass is 284 g/mol. The van der Waals surface area contributed by atoms with Crippen LogP contribution in [0.25, 0.3) is 0 Å². The molecule has 0 radical (unpaired) electrons. The summed E-state index contributed by atoms with van der Waals surface area (Å²) >= 11 is 0. The van der Waals surface area contributed by atoms with E-state index in [4.69, 9.17) is 0 Å². The molecule has 2 atom stereocenters. The van der Waals surface area contributed by atoms with Crippen LogP contribution in [0.4, 0.5) is 0 Å². The number of fused-ring (bicyclic) bond motifs is 2. The van der Waals surface area contributed by atoms with Crippen molar-refractivity contribution in [1.29, 1.82) is 0 Å². The number of aromatic nitrogens is 2. The molecule has 2 fully saturated rings. The van der Waals surface area contributed by atoms with Gasteiger partial charge >= 0.3 is 0 Å². The lowest BCUT2D eigenvalue weighted by atomic mass is 10.1. The number of nitrogens with zero attached hydrogens (tertiary/aromatic N) is 3. The molecule has 2 bridgehead atoms. The average Bonchev–Trinajstić information content (AvgIpc) is 2.82. The Morgan fingerprint density at radius 1 is 1.37 bits per heavy atom. The van der Waals surface area contributed by atoms with Crippen molar-refractivity contribution in [3.05, 3.63) is 17.5 Å². The third-order valence-corrected chi connectivity index (χ3v) is 4.14. The second kappa shape index (κ2) is 5.51. The van der Waals surface area contributed by atoms with Crippen molar-refractivity contribution in [3.8, 4) is 0 Å². The molecule has 2 aliphatic rings. The van der Waals surface area contributed by atoms with Crippen molar-refractivity contribution in [2.24, 2.45) is 7.05 Å². The number of rotatable bonds is 1. The molecule has 0 aliphatic carbocycles. The number of halogens is 1. The van der Waals surface area contributed by atoms with Crippen LogP contribution in [0.5, 0.6) is 0 Å². The van der Waals surface area contributed by atoms with E-state index in [1.54, 1.807) is 4.68 Å². The van der Waals surface area contributed by atoms with E-state index in [1.165, 1.54) is 12.8 Å². The van der Waals surface area contributed by atoms with Gasteiger partial charge in [0.05, 0.1) is 0 Å². The second-order valence-electron chi connectivity index (χ2n) is 5.47. The Hall–Kier alpha value is -1.07. The number of hydrogen-bond acceptors (Lipinski definition) is 3. The Morgan fingerprint density at radius 3 is 2.79 bits per heavy atom. The summed E-state index contributed by atoms with van der Waals surface area (Å²) in [6, 6.07) is 2.96. The first-order valence-corrected chi connectivity index (χ1v) is 6.69. The van der Waals surface area contributed by atoms with E-state index >= 15 is 0 Å². The van der Waals surface area contributed by atoms with E-state index in [9.17, 15) is 4.79 Å². The molecular weight excluding hydrogens is 264 g/mol. The van der Waals surface area contributed by atoms with Gasteiger partial charge in [0.2, 0.25) is 0 Å². The molecule has 2 unspecified atom stereocenters. The molecule has 0 aromatic carbocycles. The molecule has 0 spiro atoms. The molecule has 0 saturated carbocycles. The Morgan fingerprint density at radius 2 is 2.11 bits per heavy atom. The summed E-state index contributed by atoms with van der Waals surface area (Å²) in [6.07, 6.45) is 3.51. The number of amides is 1. The van der Waals surface area contributed by atoms with Gasteiger partial charge in [0.15, 0.2) is 5.69 Å². The molecule has 3 heterocycles. The second-order valence-corrected chi connectivity index (χ2v) is 5.47. The number of aryl methyl sites for hydroxylation is 2. The number of hydrogen-bond donors (Lipinski definition) is 1. The lowest BCUT2D eigenvalue weighted by Crippen LogP contribution is -2.39. The molecule has 1 aromatic heterocycles. The molecule has 19 heavy (non-hydrogen) atoms. The lowest BCUT2D eigenvalue weighted by Gasteiger charge is -2.23. The van der Waals surface area contributed by atoms with Crippen molar-refractivity contribution in [2.45, 2.75) is 38.3 Å². The van der Waals surface area contributed by atoms with Crippen LogP contribution >= 0.6 is 12.4 Å². The van der Waals surface area contributed by atoms with Gasteiger partial charge in [0.25, 0.3) is 5.91 Å². The predicted octanol–water partition coefficient (Wildman–Crippen LogP) is 1.12. The highest BCUT2D eigenvalue weighted by Crippen LogP contribution is 2.21. The molecule has 1 amide bonds. The van der Waals surface area contributed by atoms with Gasteiger partial charge in [-0.15, -0.1) is 12.4 Å². The fraction of sp³-hybridized carbons (Fsp3) is 0.692. The first-order valence-electron chi connectivity index (χ1n) is 6.69. The number of carbonyl (C=O) groups excluding carboxylic acids is 1. The average molecular weight is 285 g/mol. The smallest absolute Gasteiger partial charge is 0.274 e. The van der Waals surface area contributed by atoms with Crippen LogP contribution in [0.3, 0.4) is 0 Å². The van der Waals surface area contributed by atoms with Crippen LogP contribution in [-0.2, 0) is 7.05 Å². The topological polar surface area (TPSA) is 50.2 Å². The van der Waals surface area contributed by atoms with E-state index in [0.717, 1.165) is 25.2 Å². The van der Waals surface area contributed by atoms with Gasteiger partial charge in [-0.3, -0.25) is 9.48 Å². The number of nitrogens with one attached hydrogen (secondary N) is 1. The first kappa shape index (κ1) is 14.3. The predicted molar refractivity (Wildman–Crippen MR) is 75.7 cm³/mol. The summed E-state index contributed by atoms with van der Waals surface area (Å²) in [6.45, 7) is 3.64. The van der Waals surface area contributed by atoms with Gasteiger partial charge in [-0.1, -0.05) is 0 Å². The highest BCUT2D eigenvalue weighted by atomic mass is 35.5. The van der Waals surface area contributed by atoms with Crippen LogP contribution in [0.15, 0.2) is 6.07 Å². The fourth-order valence-electron chi connectivity index (χ4n) is 2.95. The molecule has 5 nitrogen and oxygen atoms in total. The quantitative estimate of drug-likeness (QED) is 0.841. The van der Waals surface area contributed by atoms with E-state index < -0.39 is 0 Å². The minimum Gasteiger partial charge on any atom is -0.336 e. The summed E-state index contributed by atoms with van der Waals surface area (Å²) in [5.74, 6) is 0.0769. The highest BCUT2D eigenvalue weighted by molar-refractivity contribution is 5.92. The summed E-state index contributed by atoms with van der Waals surface area (Å²) in [7, 11) is 1.87. The van der Waals surface area contributed by atoms with Crippen LogP contribution in [0.2, 0.25) is 0 Å². The van der Waals surface area contributed by atoms with E-state index in [1.807, 2.05) is 24.9 Å². The third kappa shape index (κ3) is 2.77. The number of likely N-dealkylation sites (tertiary alicyclic amines) is 1. The minimum atomic E-state index is 0. The van der Waals surface area contributed by atoms with Crippen molar-refractivity contribution in [1.82, 2.24) is 20.0 Å². The van der Waals surface area contributed by atoms with Gasteiger partial charge in [-0.2, -0.15) is 5.10 Å². The maximum Gasteiger partial charge on any atom is 0.274 e. The summed E-state index contributed by atoms with van der Waals surface area (Å²) < 4.78 is 1.76. The van der Waals surface area contributed by atoms with Crippen molar-refractivity contribution < 1.29 is 4.79 Å². The Bertz CT molecular complexity index is 454. The zero-order valence-corrected chi connectivity index (χ0v) is 12.2. The van der Waals surface area contributed by atoms with E-state index in [0.29, 0.717) is 17.8 Å².